The number of aryl methyl sites for hydroxylation is 2. The van der Waals surface area contributed by atoms with E-state index in [4.69, 9.17) is 0 Å². The third-order valence-corrected chi connectivity index (χ3v) is 4.98. The van der Waals surface area contributed by atoms with Crippen molar-refractivity contribution >= 4 is 17.5 Å². The first-order valence-electron chi connectivity index (χ1n) is 9.22. The van der Waals surface area contributed by atoms with Gasteiger partial charge in [-0.2, -0.15) is 0 Å². The van der Waals surface area contributed by atoms with Gasteiger partial charge in [-0.3, -0.25) is 9.59 Å². The SMILES string of the molecule is Cc1ccc(CC(=O)N2CCC(C(=O)Nc3cccc(C)c3)CC2)cc1. The molecule has 0 atom stereocenters. The highest BCUT2D eigenvalue weighted by Gasteiger charge is 2.27. The van der Waals surface area contributed by atoms with E-state index in [0.717, 1.165) is 29.7 Å². The van der Waals surface area contributed by atoms with Gasteiger partial charge in [0.05, 0.1) is 6.42 Å². The normalized spacial score (nSPS) is 14.9. The van der Waals surface area contributed by atoms with E-state index in [9.17, 15) is 9.59 Å². The monoisotopic (exact) mass is 350 g/mol. The number of hydrogen-bond donors (Lipinski definition) is 1. The number of nitrogens with zero attached hydrogens (tertiary/aromatic N) is 1. The second kappa shape index (κ2) is 8.17. The summed E-state index contributed by atoms with van der Waals surface area (Å²) < 4.78 is 0. The predicted octanol–water partition coefficient (Wildman–Crippen LogP) is 3.72. The first-order chi connectivity index (χ1) is 12.5. The molecule has 1 saturated heterocycles. The molecular formula is C22H26N2O2. The van der Waals surface area contributed by atoms with E-state index in [0.29, 0.717) is 19.5 Å². The summed E-state index contributed by atoms with van der Waals surface area (Å²) in [5.74, 6) is 0.173. The molecule has 2 amide bonds. The number of rotatable bonds is 4. The zero-order valence-electron chi connectivity index (χ0n) is 15.5. The maximum Gasteiger partial charge on any atom is 0.227 e. The number of carbonyl (C=O) groups excluding carboxylic acids is 2. The fourth-order valence-electron chi connectivity index (χ4n) is 3.35. The van der Waals surface area contributed by atoms with Gasteiger partial charge in [0.2, 0.25) is 11.8 Å². The zero-order valence-corrected chi connectivity index (χ0v) is 15.5. The van der Waals surface area contributed by atoms with Crippen LogP contribution in [0.2, 0.25) is 0 Å². The van der Waals surface area contributed by atoms with E-state index >= 15 is 0 Å². The van der Waals surface area contributed by atoms with E-state index < -0.39 is 0 Å². The van der Waals surface area contributed by atoms with Gasteiger partial charge in [0.1, 0.15) is 0 Å². The highest BCUT2D eigenvalue weighted by Crippen LogP contribution is 2.21. The van der Waals surface area contributed by atoms with Crippen molar-refractivity contribution in [2.75, 3.05) is 18.4 Å². The van der Waals surface area contributed by atoms with Crippen LogP contribution >= 0.6 is 0 Å². The number of piperidine rings is 1. The van der Waals surface area contributed by atoms with Crippen molar-refractivity contribution in [1.82, 2.24) is 4.90 Å². The Balaban J connectivity index is 1.49. The quantitative estimate of drug-likeness (QED) is 0.913. The molecule has 4 nitrogen and oxygen atoms in total. The molecule has 1 aliphatic heterocycles. The lowest BCUT2D eigenvalue weighted by Crippen LogP contribution is -2.42. The number of anilines is 1. The van der Waals surface area contributed by atoms with Crippen molar-refractivity contribution in [3.05, 3.63) is 65.2 Å². The minimum atomic E-state index is -0.0288. The average Bonchev–Trinajstić information content (AvgIpc) is 2.64. The van der Waals surface area contributed by atoms with Crippen LogP contribution in [0.5, 0.6) is 0 Å². The number of hydrogen-bond acceptors (Lipinski definition) is 2. The van der Waals surface area contributed by atoms with Gasteiger partial charge >= 0.3 is 0 Å². The third-order valence-electron chi connectivity index (χ3n) is 4.98. The van der Waals surface area contributed by atoms with Gasteiger partial charge in [-0.05, 0) is 49.9 Å². The lowest BCUT2D eigenvalue weighted by atomic mass is 9.95. The fraction of sp³-hybridized carbons (Fsp3) is 0.364. The maximum absolute atomic E-state index is 12.5. The summed E-state index contributed by atoms with van der Waals surface area (Å²) in [7, 11) is 0. The molecule has 0 bridgehead atoms. The first kappa shape index (κ1) is 18.2. The van der Waals surface area contributed by atoms with Crippen LogP contribution < -0.4 is 5.32 Å². The van der Waals surface area contributed by atoms with Gasteiger partial charge in [0.15, 0.2) is 0 Å². The standard InChI is InChI=1S/C22H26N2O2/c1-16-6-8-18(9-7-16)15-21(25)24-12-10-19(11-13-24)22(26)23-20-5-3-4-17(2)14-20/h3-9,14,19H,10-13,15H2,1-2H3,(H,23,26). The summed E-state index contributed by atoms with van der Waals surface area (Å²) >= 11 is 0. The number of amides is 2. The molecule has 136 valence electrons. The molecule has 0 spiro atoms. The van der Waals surface area contributed by atoms with E-state index in [1.165, 1.54) is 5.56 Å². The molecule has 1 N–H and O–H groups in total. The molecule has 26 heavy (non-hydrogen) atoms. The minimum absolute atomic E-state index is 0.0288. The van der Waals surface area contributed by atoms with Crippen LogP contribution in [0.1, 0.15) is 29.5 Å². The molecule has 1 fully saturated rings. The molecular weight excluding hydrogens is 324 g/mol. The highest BCUT2D eigenvalue weighted by molar-refractivity contribution is 5.92. The van der Waals surface area contributed by atoms with E-state index in [2.05, 4.69) is 5.32 Å². The Hall–Kier alpha value is -2.62. The Bertz CT molecular complexity index is 775. The van der Waals surface area contributed by atoms with Crippen molar-refractivity contribution in [2.24, 2.45) is 5.92 Å². The average molecular weight is 350 g/mol. The summed E-state index contributed by atoms with van der Waals surface area (Å²) in [6.45, 7) is 5.35. The van der Waals surface area contributed by atoms with Crippen LogP contribution in [0.15, 0.2) is 48.5 Å². The number of carbonyl (C=O) groups is 2. The van der Waals surface area contributed by atoms with Crippen molar-refractivity contribution < 1.29 is 9.59 Å². The van der Waals surface area contributed by atoms with Crippen molar-refractivity contribution in [2.45, 2.75) is 33.1 Å². The summed E-state index contributed by atoms with van der Waals surface area (Å²) in [5, 5.41) is 3.00. The van der Waals surface area contributed by atoms with Gasteiger partial charge in [0.25, 0.3) is 0 Å². The van der Waals surface area contributed by atoms with Crippen LogP contribution in [-0.2, 0) is 16.0 Å². The van der Waals surface area contributed by atoms with Crippen LogP contribution in [0, 0.1) is 19.8 Å². The first-order valence-corrected chi connectivity index (χ1v) is 9.22. The van der Waals surface area contributed by atoms with Gasteiger partial charge in [-0.25, -0.2) is 0 Å². The third kappa shape index (κ3) is 4.72. The number of nitrogens with one attached hydrogen (secondary N) is 1. The minimum Gasteiger partial charge on any atom is -0.342 e. The molecule has 0 unspecified atom stereocenters. The predicted molar refractivity (Wildman–Crippen MR) is 104 cm³/mol. The zero-order chi connectivity index (χ0) is 18.5. The van der Waals surface area contributed by atoms with Gasteiger partial charge in [-0.15, -0.1) is 0 Å². The van der Waals surface area contributed by atoms with Crippen molar-refractivity contribution in [3.8, 4) is 0 Å². The molecule has 1 aliphatic rings. The lowest BCUT2D eigenvalue weighted by molar-refractivity contribution is -0.133. The molecule has 2 aromatic rings. The molecule has 0 aliphatic carbocycles. The van der Waals surface area contributed by atoms with Gasteiger partial charge in [0, 0.05) is 24.7 Å². The van der Waals surface area contributed by atoms with E-state index in [-0.39, 0.29) is 17.7 Å². The Labute approximate surface area is 155 Å². The van der Waals surface area contributed by atoms with Crippen LogP contribution in [-0.4, -0.2) is 29.8 Å². The maximum atomic E-state index is 12.5. The Morgan fingerprint density at radius 3 is 2.35 bits per heavy atom. The molecule has 0 saturated carbocycles. The fourth-order valence-corrected chi connectivity index (χ4v) is 3.35. The smallest absolute Gasteiger partial charge is 0.227 e. The van der Waals surface area contributed by atoms with E-state index in [1.807, 2.05) is 67.3 Å². The van der Waals surface area contributed by atoms with Crippen molar-refractivity contribution in [1.29, 1.82) is 0 Å². The molecule has 1 heterocycles. The Kier molecular flexibility index (Phi) is 5.71. The Morgan fingerprint density at radius 1 is 1.00 bits per heavy atom. The molecule has 0 radical (unpaired) electrons. The second-order valence-electron chi connectivity index (χ2n) is 7.18. The molecule has 4 heteroatoms. The Morgan fingerprint density at radius 2 is 1.69 bits per heavy atom. The summed E-state index contributed by atoms with van der Waals surface area (Å²) in [5.41, 5.74) is 4.20. The van der Waals surface area contributed by atoms with E-state index in [1.54, 1.807) is 0 Å². The second-order valence-corrected chi connectivity index (χ2v) is 7.18. The van der Waals surface area contributed by atoms with Gasteiger partial charge in [-0.1, -0.05) is 42.0 Å². The largest absolute Gasteiger partial charge is 0.342 e. The van der Waals surface area contributed by atoms with Crippen LogP contribution in [0.4, 0.5) is 5.69 Å². The number of benzene rings is 2. The number of likely N-dealkylation sites (tertiary alicyclic amines) is 1. The van der Waals surface area contributed by atoms with Crippen LogP contribution in [0.25, 0.3) is 0 Å². The van der Waals surface area contributed by atoms with Crippen molar-refractivity contribution in [3.63, 3.8) is 0 Å². The molecule has 2 aromatic carbocycles. The molecule has 0 aromatic heterocycles. The summed E-state index contributed by atoms with van der Waals surface area (Å²) in [6.07, 6.45) is 1.87. The van der Waals surface area contributed by atoms with Crippen LogP contribution in [0.3, 0.4) is 0 Å². The summed E-state index contributed by atoms with van der Waals surface area (Å²) in [6, 6.07) is 15.9. The summed E-state index contributed by atoms with van der Waals surface area (Å²) in [4.78, 5) is 26.8. The lowest BCUT2D eigenvalue weighted by Gasteiger charge is -2.31. The molecule has 3 rings (SSSR count). The van der Waals surface area contributed by atoms with Gasteiger partial charge < -0.3 is 10.2 Å². The topological polar surface area (TPSA) is 49.4 Å². The highest BCUT2D eigenvalue weighted by atomic mass is 16.2.